The van der Waals surface area contributed by atoms with E-state index in [-0.39, 0.29) is 42.5 Å². The second-order valence-electron chi connectivity index (χ2n) is 10.0. The number of imide groups is 1. The summed E-state index contributed by atoms with van der Waals surface area (Å²) in [4.78, 5) is 54.5. The van der Waals surface area contributed by atoms with Crippen molar-refractivity contribution in [1.29, 1.82) is 0 Å². The molecule has 7 heteroatoms. The van der Waals surface area contributed by atoms with Crippen molar-refractivity contribution in [2.75, 3.05) is 16.3 Å². The van der Waals surface area contributed by atoms with Crippen molar-refractivity contribution in [2.24, 2.45) is 17.8 Å². The van der Waals surface area contributed by atoms with Gasteiger partial charge in [0.05, 0.1) is 23.4 Å². The lowest BCUT2D eigenvalue weighted by Crippen LogP contribution is -2.31. The molecule has 0 N–H and O–H groups in total. The molecule has 3 fully saturated rings. The molecular formula is C28H30N2O5. The molecule has 0 unspecified atom stereocenters. The Hall–Kier alpha value is -3.48. The smallest absolute Gasteiger partial charge is 0.316 e. The monoisotopic (exact) mass is 474 g/mol. The maximum Gasteiger partial charge on any atom is 0.316 e. The van der Waals surface area contributed by atoms with Crippen molar-refractivity contribution in [3.8, 4) is 5.75 Å². The number of hydrogen-bond donors (Lipinski definition) is 0. The fraction of sp³-hybridized carbons (Fsp3) is 0.429. The average Bonchev–Trinajstić information content (AvgIpc) is 3.32. The van der Waals surface area contributed by atoms with Gasteiger partial charge in [-0.2, -0.15) is 0 Å². The maximum atomic E-state index is 12.9. The molecule has 35 heavy (non-hydrogen) atoms. The van der Waals surface area contributed by atoms with Crippen LogP contribution in [0.15, 0.2) is 36.4 Å². The first-order valence-corrected chi connectivity index (χ1v) is 12.3. The van der Waals surface area contributed by atoms with E-state index in [2.05, 4.69) is 0 Å². The van der Waals surface area contributed by atoms with Gasteiger partial charge in [-0.3, -0.25) is 19.2 Å². The maximum absolute atomic E-state index is 12.9. The molecule has 3 aliphatic rings. The summed E-state index contributed by atoms with van der Waals surface area (Å²) < 4.78 is 5.63. The lowest BCUT2D eigenvalue weighted by atomic mass is 9.81. The minimum absolute atomic E-state index is 0.0941. The van der Waals surface area contributed by atoms with Crippen LogP contribution in [0.4, 0.5) is 11.4 Å². The number of amides is 3. The number of nitrogens with zero attached hydrogens (tertiary/aromatic N) is 2. The van der Waals surface area contributed by atoms with Gasteiger partial charge in [-0.25, -0.2) is 4.90 Å². The quantitative estimate of drug-likeness (QED) is 0.376. The van der Waals surface area contributed by atoms with E-state index in [0.717, 1.165) is 42.5 Å². The van der Waals surface area contributed by atoms with Crippen LogP contribution in [0.3, 0.4) is 0 Å². The fourth-order valence-corrected chi connectivity index (χ4v) is 5.85. The van der Waals surface area contributed by atoms with Gasteiger partial charge < -0.3 is 9.64 Å². The Morgan fingerprint density at radius 2 is 1.51 bits per heavy atom. The van der Waals surface area contributed by atoms with E-state index >= 15 is 0 Å². The second-order valence-corrected chi connectivity index (χ2v) is 10.0. The van der Waals surface area contributed by atoms with Gasteiger partial charge in [0.1, 0.15) is 5.75 Å². The molecule has 0 bridgehead atoms. The van der Waals surface area contributed by atoms with Crippen LogP contribution in [0.5, 0.6) is 5.75 Å². The Labute approximate surface area is 205 Å². The van der Waals surface area contributed by atoms with Crippen molar-refractivity contribution in [1.82, 2.24) is 0 Å². The van der Waals surface area contributed by atoms with Crippen LogP contribution in [-0.4, -0.2) is 30.2 Å². The topological polar surface area (TPSA) is 84.0 Å². The first kappa shape index (κ1) is 23.3. The fourth-order valence-electron chi connectivity index (χ4n) is 5.85. The van der Waals surface area contributed by atoms with Crippen molar-refractivity contribution < 1.29 is 23.9 Å². The zero-order valence-corrected chi connectivity index (χ0v) is 20.4. The lowest BCUT2D eigenvalue weighted by Gasteiger charge is -2.21. The molecule has 5 rings (SSSR count). The first-order chi connectivity index (χ1) is 16.8. The molecule has 7 nitrogen and oxygen atoms in total. The Morgan fingerprint density at radius 3 is 2.11 bits per heavy atom. The van der Waals surface area contributed by atoms with Crippen molar-refractivity contribution in [3.05, 3.63) is 53.1 Å². The number of anilines is 2. The van der Waals surface area contributed by atoms with Gasteiger partial charge in [-0.15, -0.1) is 0 Å². The van der Waals surface area contributed by atoms with Crippen LogP contribution in [0.25, 0.3) is 0 Å². The Bertz CT molecular complexity index is 1190. The van der Waals surface area contributed by atoms with Crippen molar-refractivity contribution >= 4 is 35.1 Å². The molecule has 3 amide bonds. The number of ether oxygens (including phenoxy) is 1. The summed E-state index contributed by atoms with van der Waals surface area (Å²) in [6.45, 7) is 5.99. The van der Waals surface area contributed by atoms with E-state index in [4.69, 9.17) is 4.74 Å². The largest absolute Gasteiger partial charge is 0.426 e. The molecule has 2 heterocycles. The van der Waals surface area contributed by atoms with Gasteiger partial charge in [0.2, 0.25) is 17.7 Å². The molecule has 0 spiro atoms. The molecular weight excluding hydrogens is 444 g/mol. The summed E-state index contributed by atoms with van der Waals surface area (Å²) >= 11 is 0. The summed E-state index contributed by atoms with van der Waals surface area (Å²) in [6, 6.07) is 10.8. The summed E-state index contributed by atoms with van der Waals surface area (Å²) in [7, 11) is 0. The molecule has 2 saturated heterocycles. The molecule has 0 aromatic heterocycles. The predicted molar refractivity (Wildman–Crippen MR) is 131 cm³/mol. The number of esters is 1. The van der Waals surface area contributed by atoms with Crippen LogP contribution < -0.4 is 14.5 Å². The molecule has 1 aliphatic carbocycles. The van der Waals surface area contributed by atoms with E-state index in [0.29, 0.717) is 17.0 Å². The number of para-hydroxylation sites is 1. The summed E-state index contributed by atoms with van der Waals surface area (Å²) in [5, 5.41) is 0. The third kappa shape index (κ3) is 4.03. The number of benzene rings is 2. The van der Waals surface area contributed by atoms with Crippen LogP contribution in [0.2, 0.25) is 0 Å². The third-order valence-corrected chi connectivity index (χ3v) is 7.64. The highest BCUT2D eigenvalue weighted by atomic mass is 16.5. The number of hydrogen-bond acceptors (Lipinski definition) is 5. The highest BCUT2D eigenvalue weighted by Gasteiger charge is 2.49. The first-order valence-electron chi connectivity index (χ1n) is 12.3. The van der Waals surface area contributed by atoms with Crippen LogP contribution in [0, 0.1) is 38.5 Å². The van der Waals surface area contributed by atoms with E-state index in [1.807, 2.05) is 32.0 Å². The molecule has 2 aromatic carbocycles. The highest BCUT2D eigenvalue weighted by molar-refractivity contribution is 6.22. The van der Waals surface area contributed by atoms with Crippen molar-refractivity contribution in [2.45, 2.75) is 52.9 Å². The Balaban J connectivity index is 1.30. The minimum Gasteiger partial charge on any atom is -0.426 e. The third-order valence-electron chi connectivity index (χ3n) is 7.64. The predicted octanol–water partition coefficient (Wildman–Crippen LogP) is 4.25. The molecule has 3 atom stereocenters. The summed E-state index contributed by atoms with van der Waals surface area (Å²) in [6.07, 6.45) is 3.58. The van der Waals surface area contributed by atoms with E-state index in [1.54, 1.807) is 30.0 Å². The SMILES string of the molecule is Cc1cc(OC(=O)[C@@H]2CC(=O)N(c3c(C)cccc3C)C2)ccc1N1C(=O)[C@H]2CCCC[C@@H]2C1=O. The van der Waals surface area contributed by atoms with Gasteiger partial charge in [-0.1, -0.05) is 31.0 Å². The zero-order chi connectivity index (χ0) is 24.9. The number of carbonyl (C=O) groups is 4. The zero-order valence-electron chi connectivity index (χ0n) is 20.4. The molecule has 2 aliphatic heterocycles. The van der Waals surface area contributed by atoms with E-state index < -0.39 is 11.9 Å². The van der Waals surface area contributed by atoms with Gasteiger partial charge in [-0.05, 0) is 68.5 Å². The minimum atomic E-state index is -0.564. The average molecular weight is 475 g/mol. The van der Waals surface area contributed by atoms with E-state index in [1.165, 1.54) is 4.90 Å². The van der Waals surface area contributed by atoms with Gasteiger partial charge >= 0.3 is 5.97 Å². The van der Waals surface area contributed by atoms with Crippen LogP contribution in [0.1, 0.15) is 48.8 Å². The number of aryl methyl sites for hydroxylation is 3. The van der Waals surface area contributed by atoms with Gasteiger partial charge in [0, 0.05) is 18.7 Å². The van der Waals surface area contributed by atoms with E-state index in [9.17, 15) is 19.2 Å². The number of carbonyl (C=O) groups excluding carboxylic acids is 4. The van der Waals surface area contributed by atoms with Gasteiger partial charge in [0.25, 0.3) is 0 Å². The molecule has 1 saturated carbocycles. The Morgan fingerprint density at radius 1 is 0.886 bits per heavy atom. The number of rotatable bonds is 4. The standard InChI is InChI=1S/C28H30N2O5/c1-16-7-6-8-17(2)25(16)29-15-19(14-24(29)31)28(34)35-20-11-12-23(18(3)13-20)30-26(32)21-9-4-5-10-22(21)27(30)33/h6-8,11-13,19,21-22H,4-5,9-10,14-15H2,1-3H3/t19-,21+,22+/m1/s1. The lowest BCUT2D eigenvalue weighted by molar-refractivity contribution is -0.139. The summed E-state index contributed by atoms with van der Waals surface area (Å²) in [5.74, 6) is -1.45. The normalized spacial score (nSPS) is 24.2. The van der Waals surface area contributed by atoms with Crippen LogP contribution in [-0.2, 0) is 19.2 Å². The van der Waals surface area contributed by atoms with Crippen molar-refractivity contribution in [3.63, 3.8) is 0 Å². The van der Waals surface area contributed by atoms with Gasteiger partial charge in [0.15, 0.2) is 0 Å². The molecule has 0 radical (unpaired) electrons. The number of fused-ring (bicyclic) bond motifs is 1. The summed E-state index contributed by atoms with van der Waals surface area (Å²) in [5.41, 5.74) is 4.07. The molecule has 2 aromatic rings. The van der Waals surface area contributed by atoms with Crippen LogP contribution >= 0.6 is 0 Å². The Kier molecular flexibility index (Phi) is 5.95. The highest BCUT2D eigenvalue weighted by Crippen LogP contribution is 2.41. The second kappa shape index (κ2) is 8.95. The molecule has 182 valence electrons.